The van der Waals surface area contributed by atoms with Crippen LogP contribution in [-0.2, 0) is 4.74 Å². The van der Waals surface area contributed by atoms with E-state index >= 15 is 0 Å². The molecule has 0 saturated heterocycles. The van der Waals surface area contributed by atoms with Crippen LogP contribution in [0.3, 0.4) is 0 Å². The number of nitrogens with one attached hydrogen (secondary N) is 2. The highest BCUT2D eigenvalue weighted by Crippen LogP contribution is 2.23. The molecule has 0 spiro atoms. The van der Waals surface area contributed by atoms with E-state index in [9.17, 15) is 4.79 Å². The van der Waals surface area contributed by atoms with Gasteiger partial charge in [0.05, 0.1) is 6.04 Å². The number of amides is 1. The minimum atomic E-state index is -0.542. The zero-order valence-electron chi connectivity index (χ0n) is 14.5. The lowest BCUT2D eigenvalue weighted by atomic mass is 10.1. The average molecular weight is 381 g/mol. The van der Waals surface area contributed by atoms with E-state index in [0.717, 1.165) is 11.3 Å². The Kier molecular flexibility index (Phi) is 6.57. The van der Waals surface area contributed by atoms with Crippen LogP contribution < -0.4 is 10.6 Å². The molecular weight excluding hydrogens is 359 g/mol. The molecule has 0 aliphatic rings. The first-order chi connectivity index (χ1) is 11.7. The molecule has 134 valence electrons. The van der Waals surface area contributed by atoms with Gasteiger partial charge in [0.15, 0.2) is 0 Å². The number of carbonyl (C=O) groups excluding carboxylic acids is 1. The third-order valence-corrected chi connectivity index (χ3v) is 3.77. The molecule has 1 atom stereocenters. The van der Waals surface area contributed by atoms with E-state index in [2.05, 4.69) is 10.6 Å². The van der Waals surface area contributed by atoms with Crippen molar-refractivity contribution in [2.24, 2.45) is 0 Å². The van der Waals surface area contributed by atoms with Gasteiger partial charge in [-0.3, -0.25) is 0 Å². The van der Waals surface area contributed by atoms with Crippen molar-refractivity contribution in [1.82, 2.24) is 5.32 Å². The van der Waals surface area contributed by atoms with E-state index in [-0.39, 0.29) is 6.04 Å². The van der Waals surface area contributed by atoms with Crippen molar-refractivity contribution in [1.29, 1.82) is 0 Å². The molecule has 25 heavy (non-hydrogen) atoms. The van der Waals surface area contributed by atoms with Gasteiger partial charge in [-0.1, -0.05) is 35.3 Å². The van der Waals surface area contributed by atoms with Crippen molar-refractivity contribution in [3.05, 3.63) is 64.1 Å². The number of rotatable bonds is 5. The first-order valence-corrected chi connectivity index (χ1v) is 8.73. The van der Waals surface area contributed by atoms with E-state index in [1.807, 2.05) is 57.2 Å². The third-order valence-electron chi connectivity index (χ3n) is 3.29. The predicted octanol–water partition coefficient (Wildman–Crippen LogP) is 5.67. The van der Waals surface area contributed by atoms with Crippen molar-refractivity contribution in [3.8, 4) is 0 Å². The average Bonchev–Trinajstić information content (AvgIpc) is 2.51. The normalized spacial score (nSPS) is 12.4. The molecule has 1 amide bonds. The zero-order chi connectivity index (χ0) is 18.4. The van der Waals surface area contributed by atoms with Gasteiger partial charge in [0, 0.05) is 22.3 Å². The van der Waals surface area contributed by atoms with Gasteiger partial charge in [-0.25, -0.2) is 4.79 Å². The van der Waals surface area contributed by atoms with Crippen LogP contribution >= 0.6 is 23.2 Å². The van der Waals surface area contributed by atoms with Crippen molar-refractivity contribution in [3.63, 3.8) is 0 Å². The van der Waals surface area contributed by atoms with Crippen LogP contribution in [0.5, 0.6) is 0 Å². The van der Waals surface area contributed by atoms with E-state index in [4.69, 9.17) is 27.9 Å². The molecule has 0 aliphatic carbocycles. The second kappa shape index (κ2) is 8.45. The van der Waals surface area contributed by atoms with Crippen LogP contribution in [0.25, 0.3) is 0 Å². The van der Waals surface area contributed by atoms with Crippen molar-refractivity contribution < 1.29 is 9.53 Å². The lowest BCUT2D eigenvalue weighted by Gasteiger charge is -2.24. The molecular formula is C19H22Cl2N2O2. The van der Waals surface area contributed by atoms with Crippen LogP contribution in [-0.4, -0.2) is 18.2 Å². The molecule has 0 saturated carbocycles. The first kappa shape index (κ1) is 19.4. The van der Waals surface area contributed by atoms with Crippen LogP contribution in [0.2, 0.25) is 10.0 Å². The molecule has 2 N–H and O–H groups in total. The van der Waals surface area contributed by atoms with E-state index in [0.29, 0.717) is 16.6 Å². The molecule has 4 nitrogen and oxygen atoms in total. The predicted molar refractivity (Wildman–Crippen MR) is 104 cm³/mol. The van der Waals surface area contributed by atoms with Crippen molar-refractivity contribution in [2.45, 2.75) is 32.4 Å². The van der Waals surface area contributed by atoms with Gasteiger partial charge in [-0.05, 0) is 62.7 Å². The molecule has 0 aliphatic heterocycles. The number of anilines is 1. The topological polar surface area (TPSA) is 50.4 Å². The minimum absolute atomic E-state index is 0.174. The molecule has 6 heteroatoms. The van der Waals surface area contributed by atoms with Crippen molar-refractivity contribution in [2.75, 3.05) is 11.9 Å². The maximum absolute atomic E-state index is 12.0. The first-order valence-electron chi connectivity index (χ1n) is 7.97. The fourth-order valence-corrected chi connectivity index (χ4v) is 2.55. The fraction of sp³-hybridized carbons (Fsp3) is 0.316. The Balaban J connectivity index is 2.12. The van der Waals surface area contributed by atoms with Gasteiger partial charge < -0.3 is 15.4 Å². The Morgan fingerprint density at radius 3 is 2.36 bits per heavy atom. The Bertz CT molecular complexity index is 712. The van der Waals surface area contributed by atoms with E-state index < -0.39 is 11.7 Å². The molecule has 0 aromatic heterocycles. The highest BCUT2D eigenvalue weighted by atomic mass is 35.5. The summed E-state index contributed by atoms with van der Waals surface area (Å²) in [7, 11) is 0. The van der Waals surface area contributed by atoms with Gasteiger partial charge >= 0.3 is 6.09 Å². The Labute approximate surface area is 158 Å². The summed E-state index contributed by atoms with van der Waals surface area (Å²) in [6.07, 6.45) is -0.461. The van der Waals surface area contributed by atoms with Gasteiger partial charge in [0.25, 0.3) is 0 Å². The monoisotopic (exact) mass is 380 g/mol. The summed E-state index contributed by atoms with van der Waals surface area (Å²) in [6.45, 7) is 5.82. The van der Waals surface area contributed by atoms with Crippen LogP contribution in [0.1, 0.15) is 32.4 Å². The van der Waals surface area contributed by atoms with Crippen LogP contribution in [0.4, 0.5) is 10.5 Å². The maximum atomic E-state index is 12.0. The van der Waals surface area contributed by atoms with E-state index in [1.54, 1.807) is 12.1 Å². The molecule has 0 heterocycles. The standard InChI is InChI=1S/C19H22Cl2N2O2/c1-19(2,3)25-18(24)22-12-17(13-5-4-6-15(21)11-13)23-16-9-7-14(20)8-10-16/h4-11,17,23H,12H2,1-3H3,(H,22,24). The molecule has 0 radical (unpaired) electrons. The molecule has 1 unspecified atom stereocenters. The summed E-state index contributed by atoms with van der Waals surface area (Å²) in [5.74, 6) is 0. The minimum Gasteiger partial charge on any atom is -0.444 e. The Morgan fingerprint density at radius 2 is 1.76 bits per heavy atom. The largest absolute Gasteiger partial charge is 0.444 e. The highest BCUT2D eigenvalue weighted by molar-refractivity contribution is 6.30. The second-order valence-electron chi connectivity index (χ2n) is 6.64. The third kappa shape index (κ3) is 6.85. The number of benzene rings is 2. The fourth-order valence-electron chi connectivity index (χ4n) is 2.22. The van der Waals surface area contributed by atoms with Gasteiger partial charge in [0.2, 0.25) is 0 Å². The SMILES string of the molecule is CC(C)(C)OC(=O)NCC(Nc1ccc(Cl)cc1)c1cccc(Cl)c1. The summed E-state index contributed by atoms with van der Waals surface area (Å²) in [5.41, 5.74) is 1.30. The number of carbonyl (C=O) groups is 1. The molecule has 0 fully saturated rings. The summed E-state index contributed by atoms with van der Waals surface area (Å²) in [5, 5.41) is 7.48. The van der Waals surface area contributed by atoms with Crippen LogP contribution in [0.15, 0.2) is 48.5 Å². The molecule has 2 aromatic carbocycles. The lowest BCUT2D eigenvalue weighted by Crippen LogP contribution is -2.36. The molecule has 0 bridgehead atoms. The quantitative estimate of drug-likeness (QED) is 0.702. The maximum Gasteiger partial charge on any atom is 0.407 e. The van der Waals surface area contributed by atoms with Crippen molar-refractivity contribution >= 4 is 35.0 Å². The summed E-state index contributed by atoms with van der Waals surface area (Å²) >= 11 is 12.0. The number of hydrogen-bond donors (Lipinski definition) is 2. The second-order valence-corrected chi connectivity index (χ2v) is 7.51. The smallest absolute Gasteiger partial charge is 0.407 e. The Morgan fingerprint density at radius 1 is 1.08 bits per heavy atom. The van der Waals surface area contributed by atoms with Gasteiger partial charge in [-0.2, -0.15) is 0 Å². The summed E-state index contributed by atoms with van der Waals surface area (Å²) in [6, 6.07) is 14.7. The van der Waals surface area contributed by atoms with Gasteiger partial charge in [0.1, 0.15) is 5.60 Å². The molecule has 2 rings (SSSR count). The Hall–Kier alpha value is -1.91. The highest BCUT2D eigenvalue weighted by Gasteiger charge is 2.18. The lowest BCUT2D eigenvalue weighted by molar-refractivity contribution is 0.0525. The van der Waals surface area contributed by atoms with Gasteiger partial charge in [-0.15, -0.1) is 0 Å². The summed E-state index contributed by atoms with van der Waals surface area (Å²) < 4.78 is 5.29. The number of alkyl carbamates (subject to hydrolysis) is 1. The van der Waals surface area contributed by atoms with E-state index in [1.165, 1.54) is 0 Å². The zero-order valence-corrected chi connectivity index (χ0v) is 16.0. The number of hydrogen-bond acceptors (Lipinski definition) is 3. The summed E-state index contributed by atoms with van der Waals surface area (Å²) in [4.78, 5) is 12.0. The number of ether oxygens (including phenoxy) is 1. The number of halogens is 2. The van der Waals surface area contributed by atoms with Crippen LogP contribution in [0, 0.1) is 0 Å². The molecule has 2 aromatic rings.